The Kier molecular flexibility index (Phi) is 9.82. The van der Waals surface area contributed by atoms with Crippen LogP contribution in [0, 0.1) is 0 Å². The summed E-state index contributed by atoms with van der Waals surface area (Å²) in [5, 5.41) is 10.3. The summed E-state index contributed by atoms with van der Waals surface area (Å²) in [7, 11) is 2.70. The standard InChI is InChI=1S/C16H22O5S2/c1-20-14(18)8-9-23-16(12-6-4-3-5-7-12)13(17)10-22-11-15(19)21-2/h3-7,13,16-17H,8-11H2,1-2H3. The van der Waals surface area contributed by atoms with Crippen LogP contribution in [0.5, 0.6) is 0 Å². The second-order valence-electron chi connectivity index (χ2n) is 4.69. The maximum atomic E-state index is 11.2. The smallest absolute Gasteiger partial charge is 0.315 e. The average Bonchev–Trinajstić information content (AvgIpc) is 2.58. The zero-order valence-corrected chi connectivity index (χ0v) is 14.9. The van der Waals surface area contributed by atoms with Crippen LogP contribution in [0.15, 0.2) is 30.3 Å². The van der Waals surface area contributed by atoms with Gasteiger partial charge in [-0.1, -0.05) is 30.3 Å². The van der Waals surface area contributed by atoms with Crippen LogP contribution in [0.3, 0.4) is 0 Å². The number of methoxy groups -OCH3 is 2. The van der Waals surface area contributed by atoms with Gasteiger partial charge in [0.25, 0.3) is 0 Å². The van der Waals surface area contributed by atoms with Gasteiger partial charge in [-0.15, -0.1) is 11.8 Å². The molecule has 0 fully saturated rings. The molecule has 2 unspecified atom stereocenters. The predicted octanol–water partition coefficient (Wildman–Crippen LogP) is 2.29. The van der Waals surface area contributed by atoms with Gasteiger partial charge in [0, 0.05) is 11.5 Å². The normalized spacial score (nSPS) is 13.2. The van der Waals surface area contributed by atoms with Crippen molar-refractivity contribution in [2.24, 2.45) is 0 Å². The van der Waals surface area contributed by atoms with Crippen molar-refractivity contribution in [3.8, 4) is 0 Å². The first-order valence-electron chi connectivity index (χ1n) is 7.14. The van der Waals surface area contributed by atoms with E-state index in [0.29, 0.717) is 17.9 Å². The molecule has 0 radical (unpaired) electrons. The SMILES string of the molecule is COC(=O)CCSC(c1ccccc1)C(O)CSCC(=O)OC. The first-order valence-corrected chi connectivity index (χ1v) is 9.34. The molecule has 0 saturated heterocycles. The van der Waals surface area contributed by atoms with Crippen LogP contribution in [0.4, 0.5) is 0 Å². The molecule has 1 aromatic carbocycles. The molecular weight excluding hydrogens is 336 g/mol. The summed E-state index contributed by atoms with van der Waals surface area (Å²) in [5.41, 5.74) is 0.994. The molecule has 1 rings (SSSR count). The zero-order chi connectivity index (χ0) is 17.1. The van der Waals surface area contributed by atoms with Gasteiger partial charge in [0.1, 0.15) is 0 Å². The number of carbonyl (C=O) groups excluding carboxylic acids is 2. The molecule has 5 nitrogen and oxygen atoms in total. The molecule has 0 amide bonds. The second kappa shape index (κ2) is 11.4. The lowest BCUT2D eigenvalue weighted by atomic mass is 10.1. The predicted molar refractivity (Wildman–Crippen MR) is 93.6 cm³/mol. The molecule has 0 saturated carbocycles. The number of ether oxygens (including phenoxy) is 2. The number of aliphatic hydroxyl groups is 1. The van der Waals surface area contributed by atoms with Crippen molar-refractivity contribution in [3.63, 3.8) is 0 Å². The molecular formula is C16H22O5S2. The largest absolute Gasteiger partial charge is 0.469 e. The highest BCUT2D eigenvalue weighted by molar-refractivity contribution is 8.00. The number of carbonyl (C=O) groups is 2. The molecule has 128 valence electrons. The summed E-state index contributed by atoms with van der Waals surface area (Å²) in [4.78, 5) is 22.4. The molecule has 0 heterocycles. The molecule has 0 aliphatic heterocycles. The number of hydrogen-bond acceptors (Lipinski definition) is 7. The summed E-state index contributed by atoms with van der Waals surface area (Å²) >= 11 is 2.84. The van der Waals surface area contributed by atoms with Gasteiger partial charge in [-0.05, 0) is 5.56 Å². The van der Waals surface area contributed by atoms with Gasteiger partial charge in [-0.25, -0.2) is 0 Å². The average molecular weight is 358 g/mol. The van der Waals surface area contributed by atoms with E-state index in [1.807, 2.05) is 30.3 Å². The van der Waals surface area contributed by atoms with Gasteiger partial charge < -0.3 is 14.6 Å². The first-order chi connectivity index (χ1) is 11.1. The fourth-order valence-electron chi connectivity index (χ4n) is 1.85. The molecule has 0 bridgehead atoms. The van der Waals surface area contributed by atoms with Crippen molar-refractivity contribution >= 4 is 35.5 Å². The topological polar surface area (TPSA) is 72.8 Å². The number of thioether (sulfide) groups is 2. The van der Waals surface area contributed by atoms with Crippen LogP contribution in [0.2, 0.25) is 0 Å². The Bertz CT molecular complexity index is 481. The number of hydrogen-bond donors (Lipinski definition) is 1. The maximum absolute atomic E-state index is 11.2. The second-order valence-corrected chi connectivity index (χ2v) is 6.97. The summed E-state index contributed by atoms with van der Waals surface area (Å²) < 4.78 is 9.21. The van der Waals surface area contributed by atoms with E-state index in [0.717, 1.165) is 5.56 Å². The van der Waals surface area contributed by atoms with E-state index in [2.05, 4.69) is 9.47 Å². The van der Waals surface area contributed by atoms with Crippen LogP contribution >= 0.6 is 23.5 Å². The summed E-state index contributed by atoms with van der Waals surface area (Å²) in [6.45, 7) is 0. The third-order valence-electron chi connectivity index (χ3n) is 3.05. The Morgan fingerprint density at radius 1 is 1.13 bits per heavy atom. The molecule has 1 aromatic rings. The highest BCUT2D eigenvalue weighted by atomic mass is 32.2. The van der Waals surface area contributed by atoms with Gasteiger partial charge in [0.15, 0.2) is 0 Å². The van der Waals surface area contributed by atoms with Crippen LogP contribution in [0.1, 0.15) is 17.2 Å². The summed E-state index contributed by atoms with van der Waals surface area (Å²) in [5.74, 6) is 0.614. The first kappa shape index (κ1) is 19.9. The molecule has 0 spiro atoms. The van der Waals surface area contributed by atoms with E-state index >= 15 is 0 Å². The van der Waals surface area contributed by atoms with Crippen molar-refractivity contribution in [1.29, 1.82) is 0 Å². The monoisotopic (exact) mass is 358 g/mol. The van der Waals surface area contributed by atoms with Gasteiger partial charge in [0.2, 0.25) is 0 Å². The minimum atomic E-state index is -0.630. The summed E-state index contributed by atoms with van der Waals surface area (Å²) in [6, 6.07) is 9.64. The lowest BCUT2D eigenvalue weighted by Crippen LogP contribution is -2.20. The van der Waals surface area contributed by atoms with Gasteiger partial charge in [0.05, 0.1) is 37.7 Å². The summed E-state index contributed by atoms with van der Waals surface area (Å²) in [6.07, 6.45) is -0.332. The molecule has 2 atom stereocenters. The van der Waals surface area contributed by atoms with Crippen LogP contribution in [-0.4, -0.2) is 54.6 Å². The lowest BCUT2D eigenvalue weighted by molar-refractivity contribution is -0.140. The van der Waals surface area contributed by atoms with E-state index in [1.165, 1.54) is 37.7 Å². The lowest BCUT2D eigenvalue weighted by Gasteiger charge is -2.22. The van der Waals surface area contributed by atoms with Crippen molar-refractivity contribution in [2.45, 2.75) is 17.8 Å². The minimum absolute atomic E-state index is 0.161. The Labute approximate surface area is 145 Å². The third-order valence-corrected chi connectivity index (χ3v) is 5.45. The molecule has 1 N–H and O–H groups in total. The van der Waals surface area contributed by atoms with Crippen molar-refractivity contribution in [2.75, 3.05) is 31.5 Å². The quantitative estimate of drug-likeness (QED) is 0.643. The highest BCUT2D eigenvalue weighted by Gasteiger charge is 2.22. The van der Waals surface area contributed by atoms with Gasteiger partial charge in [-0.2, -0.15) is 11.8 Å². The van der Waals surface area contributed by atoms with Crippen LogP contribution in [-0.2, 0) is 19.1 Å². The maximum Gasteiger partial charge on any atom is 0.315 e. The van der Waals surface area contributed by atoms with E-state index in [-0.39, 0.29) is 22.9 Å². The van der Waals surface area contributed by atoms with E-state index in [9.17, 15) is 14.7 Å². The van der Waals surface area contributed by atoms with Crippen LogP contribution < -0.4 is 0 Å². The van der Waals surface area contributed by atoms with Crippen molar-refractivity contribution < 1.29 is 24.2 Å². The minimum Gasteiger partial charge on any atom is -0.469 e. The third kappa shape index (κ3) is 7.76. The van der Waals surface area contributed by atoms with E-state index in [1.54, 1.807) is 0 Å². The molecule has 0 aliphatic carbocycles. The Morgan fingerprint density at radius 2 is 1.78 bits per heavy atom. The van der Waals surface area contributed by atoms with Crippen LogP contribution in [0.25, 0.3) is 0 Å². The number of rotatable bonds is 10. The van der Waals surface area contributed by atoms with Crippen molar-refractivity contribution in [1.82, 2.24) is 0 Å². The Balaban J connectivity index is 2.59. The molecule has 23 heavy (non-hydrogen) atoms. The zero-order valence-electron chi connectivity index (χ0n) is 13.3. The molecule has 0 aliphatic rings. The van der Waals surface area contributed by atoms with E-state index in [4.69, 9.17) is 0 Å². The van der Waals surface area contributed by atoms with Crippen molar-refractivity contribution in [3.05, 3.63) is 35.9 Å². The molecule has 7 heteroatoms. The van der Waals surface area contributed by atoms with Gasteiger partial charge >= 0.3 is 11.9 Å². The number of benzene rings is 1. The Hall–Kier alpha value is -1.18. The number of aliphatic hydroxyl groups excluding tert-OH is 1. The Morgan fingerprint density at radius 3 is 2.39 bits per heavy atom. The fraction of sp³-hybridized carbons (Fsp3) is 0.500. The van der Waals surface area contributed by atoms with Gasteiger partial charge in [-0.3, -0.25) is 9.59 Å². The highest BCUT2D eigenvalue weighted by Crippen LogP contribution is 2.34. The molecule has 0 aromatic heterocycles. The van der Waals surface area contributed by atoms with E-state index < -0.39 is 6.10 Å². The fourth-order valence-corrected chi connectivity index (χ4v) is 4.02. The number of esters is 2.